The molecule has 1 aliphatic rings. The Morgan fingerprint density at radius 1 is 1.26 bits per heavy atom. The van der Waals surface area contributed by atoms with Gasteiger partial charge in [-0.2, -0.15) is 0 Å². The molecule has 1 amide bonds. The molecule has 0 aliphatic heterocycles. The van der Waals surface area contributed by atoms with Crippen LogP contribution < -0.4 is 10.1 Å². The van der Waals surface area contributed by atoms with E-state index in [1.165, 1.54) is 12.8 Å². The molecule has 23 heavy (non-hydrogen) atoms. The third-order valence-corrected chi connectivity index (χ3v) is 5.30. The van der Waals surface area contributed by atoms with Gasteiger partial charge < -0.3 is 10.1 Å². The van der Waals surface area contributed by atoms with Gasteiger partial charge >= 0.3 is 0 Å². The van der Waals surface area contributed by atoms with Gasteiger partial charge in [-0.15, -0.1) is 0 Å². The van der Waals surface area contributed by atoms with E-state index >= 15 is 0 Å². The molecule has 4 heteroatoms. The summed E-state index contributed by atoms with van der Waals surface area (Å²) in [4.78, 5) is 12.4. The fourth-order valence-electron chi connectivity index (χ4n) is 3.44. The van der Waals surface area contributed by atoms with Crippen LogP contribution in [0.1, 0.15) is 52.0 Å². The van der Waals surface area contributed by atoms with Crippen molar-refractivity contribution in [3.8, 4) is 5.75 Å². The van der Waals surface area contributed by atoms with Crippen LogP contribution >= 0.6 is 11.6 Å². The zero-order chi connectivity index (χ0) is 17.0. The predicted octanol–water partition coefficient (Wildman–Crippen LogP) is 4.61. The number of hydrogen-bond acceptors (Lipinski definition) is 2. The molecule has 0 unspecified atom stereocenters. The van der Waals surface area contributed by atoms with Crippen LogP contribution in [0.4, 0.5) is 0 Å². The Morgan fingerprint density at radius 3 is 2.48 bits per heavy atom. The molecule has 1 aromatic rings. The Morgan fingerprint density at radius 2 is 1.91 bits per heavy atom. The second kappa shape index (κ2) is 7.57. The van der Waals surface area contributed by atoms with Crippen molar-refractivity contribution in [1.29, 1.82) is 0 Å². The third kappa shape index (κ3) is 4.87. The van der Waals surface area contributed by atoms with Crippen LogP contribution in [0.2, 0.25) is 5.02 Å². The summed E-state index contributed by atoms with van der Waals surface area (Å²) >= 11 is 6.20. The van der Waals surface area contributed by atoms with E-state index in [0.29, 0.717) is 16.2 Å². The largest absolute Gasteiger partial charge is 0.496 e. The summed E-state index contributed by atoms with van der Waals surface area (Å²) in [5.41, 5.74) is 1.12. The summed E-state index contributed by atoms with van der Waals surface area (Å²) in [6.07, 6.45) is 4.76. The van der Waals surface area contributed by atoms with Crippen molar-refractivity contribution in [3.05, 3.63) is 28.8 Å². The van der Waals surface area contributed by atoms with E-state index in [1.54, 1.807) is 13.2 Å². The molecular weight excluding hydrogens is 310 g/mol. The molecule has 0 atom stereocenters. The fourth-order valence-corrected chi connectivity index (χ4v) is 3.68. The van der Waals surface area contributed by atoms with E-state index in [-0.39, 0.29) is 18.4 Å². The van der Waals surface area contributed by atoms with Crippen molar-refractivity contribution in [2.45, 2.75) is 58.9 Å². The Bertz CT molecular complexity index is 543. The van der Waals surface area contributed by atoms with Gasteiger partial charge in [0.15, 0.2) is 0 Å². The van der Waals surface area contributed by atoms with Crippen LogP contribution in [0, 0.1) is 11.3 Å². The van der Waals surface area contributed by atoms with Crippen LogP contribution in [0.5, 0.6) is 5.75 Å². The van der Waals surface area contributed by atoms with Crippen LogP contribution in [-0.2, 0) is 11.2 Å². The van der Waals surface area contributed by atoms with Crippen LogP contribution in [0.15, 0.2) is 18.2 Å². The lowest BCUT2D eigenvalue weighted by Crippen LogP contribution is -2.40. The number of benzene rings is 1. The summed E-state index contributed by atoms with van der Waals surface area (Å²) in [5, 5.41) is 3.74. The number of rotatable bonds is 4. The van der Waals surface area contributed by atoms with Gasteiger partial charge in [-0.3, -0.25) is 4.79 Å². The SMILES string of the molecule is COc1cccc(Cl)c1CC(=O)NC1CCC(C(C)(C)C)CC1. The molecule has 2 rings (SSSR count). The first-order valence-corrected chi connectivity index (χ1v) is 8.79. The highest BCUT2D eigenvalue weighted by Gasteiger charge is 2.30. The van der Waals surface area contributed by atoms with E-state index in [0.717, 1.165) is 24.3 Å². The molecule has 0 spiro atoms. The first-order valence-electron chi connectivity index (χ1n) is 8.42. The highest BCUT2D eigenvalue weighted by Crippen LogP contribution is 2.37. The molecule has 1 saturated carbocycles. The van der Waals surface area contributed by atoms with Gasteiger partial charge in [0.2, 0.25) is 5.91 Å². The average molecular weight is 338 g/mol. The number of methoxy groups -OCH3 is 1. The zero-order valence-corrected chi connectivity index (χ0v) is 15.4. The van der Waals surface area contributed by atoms with Gasteiger partial charge in [-0.25, -0.2) is 0 Å². The summed E-state index contributed by atoms with van der Waals surface area (Å²) in [7, 11) is 1.60. The fraction of sp³-hybridized carbons (Fsp3) is 0.632. The number of halogens is 1. The van der Waals surface area contributed by atoms with Crippen molar-refractivity contribution < 1.29 is 9.53 Å². The topological polar surface area (TPSA) is 38.3 Å². The number of ether oxygens (including phenoxy) is 1. The Kier molecular flexibility index (Phi) is 5.96. The summed E-state index contributed by atoms with van der Waals surface area (Å²) in [6.45, 7) is 6.92. The molecular formula is C19H28ClNO2. The highest BCUT2D eigenvalue weighted by atomic mass is 35.5. The number of amides is 1. The Hall–Kier alpha value is -1.22. The minimum Gasteiger partial charge on any atom is -0.496 e. The molecule has 1 N–H and O–H groups in total. The van der Waals surface area contributed by atoms with E-state index in [9.17, 15) is 4.79 Å². The van der Waals surface area contributed by atoms with Gasteiger partial charge in [0.1, 0.15) is 5.75 Å². The quantitative estimate of drug-likeness (QED) is 0.871. The molecule has 128 valence electrons. The first kappa shape index (κ1) is 18.1. The standard InChI is InChI=1S/C19H28ClNO2/c1-19(2,3)13-8-10-14(11-9-13)21-18(22)12-15-16(20)6-5-7-17(15)23-4/h5-7,13-14H,8-12H2,1-4H3,(H,21,22). The summed E-state index contributed by atoms with van der Waals surface area (Å²) in [5.74, 6) is 1.44. The molecule has 0 heterocycles. The van der Waals surface area contributed by atoms with Gasteiger partial charge in [0, 0.05) is 16.6 Å². The van der Waals surface area contributed by atoms with E-state index < -0.39 is 0 Å². The second-order valence-electron chi connectivity index (χ2n) is 7.58. The van der Waals surface area contributed by atoms with Crippen molar-refractivity contribution in [2.24, 2.45) is 11.3 Å². The lowest BCUT2D eigenvalue weighted by molar-refractivity contribution is -0.121. The van der Waals surface area contributed by atoms with Gasteiger partial charge in [-0.1, -0.05) is 38.4 Å². The van der Waals surface area contributed by atoms with Crippen LogP contribution in [0.3, 0.4) is 0 Å². The van der Waals surface area contributed by atoms with Crippen LogP contribution in [-0.4, -0.2) is 19.1 Å². The minimum atomic E-state index is 0.0237. The number of hydrogen-bond donors (Lipinski definition) is 1. The molecule has 0 aromatic heterocycles. The van der Waals surface area contributed by atoms with E-state index in [1.807, 2.05) is 12.1 Å². The maximum Gasteiger partial charge on any atom is 0.224 e. The molecule has 0 radical (unpaired) electrons. The van der Waals surface area contributed by atoms with Gasteiger partial charge in [-0.05, 0) is 49.1 Å². The summed E-state index contributed by atoms with van der Waals surface area (Å²) < 4.78 is 5.30. The molecule has 1 aliphatic carbocycles. The Balaban J connectivity index is 1.90. The van der Waals surface area contributed by atoms with E-state index in [4.69, 9.17) is 16.3 Å². The van der Waals surface area contributed by atoms with Gasteiger partial charge in [0.05, 0.1) is 13.5 Å². The monoisotopic (exact) mass is 337 g/mol. The van der Waals surface area contributed by atoms with Crippen molar-refractivity contribution in [2.75, 3.05) is 7.11 Å². The van der Waals surface area contributed by atoms with Crippen LogP contribution in [0.25, 0.3) is 0 Å². The molecule has 3 nitrogen and oxygen atoms in total. The first-order chi connectivity index (χ1) is 10.8. The molecule has 1 fully saturated rings. The minimum absolute atomic E-state index is 0.0237. The maximum atomic E-state index is 12.4. The van der Waals surface area contributed by atoms with E-state index in [2.05, 4.69) is 26.1 Å². The number of carbonyl (C=O) groups is 1. The maximum absolute atomic E-state index is 12.4. The number of nitrogens with one attached hydrogen (secondary N) is 1. The zero-order valence-electron chi connectivity index (χ0n) is 14.6. The second-order valence-corrected chi connectivity index (χ2v) is 7.99. The highest BCUT2D eigenvalue weighted by molar-refractivity contribution is 6.31. The molecule has 1 aromatic carbocycles. The molecule has 0 saturated heterocycles. The average Bonchev–Trinajstić information content (AvgIpc) is 2.49. The lowest BCUT2D eigenvalue weighted by atomic mass is 9.71. The smallest absolute Gasteiger partial charge is 0.224 e. The number of carbonyl (C=O) groups excluding carboxylic acids is 1. The van der Waals surface area contributed by atoms with Crippen molar-refractivity contribution in [1.82, 2.24) is 5.32 Å². The molecule has 0 bridgehead atoms. The van der Waals surface area contributed by atoms with Crippen molar-refractivity contribution >= 4 is 17.5 Å². The third-order valence-electron chi connectivity index (χ3n) is 4.95. The normalized spacial score (nSPS) is 21.8. The predicted molar refractivity (Wildman–Crippen MR) is 95.1 cm³/mol. The lowest BCUT2D eigenvalue weighted by Gasteiger charge is -2.37. The summed E-state index contributed by atoms with van der Waals surface area (Å²) in [6, 6.07) is 5.75. The Labute approximate surface area is 144 Å². The van der Waals surface area contributed by atoms with Crippen molar-refractivity contribution in [3.63, 3.8) is 0 Å². The van der Waals surface area contributed by atoms with Gasteiger partial charge in [0.25, 0.3) is 0 Å².